The first kappa shape index (κ1) is 12.4. The molecule has 0 spiro atoms. The fourth-order valence-electron chi connectivity index (χ4n) is 3.30. The lowest BCUT2D eigenvalue weighted by molar-refractivity contribution is 0.151. The van der Waals surface area contributed by atoms with Crippen molar-refractivity contribution in [1.29, 1.82) is 0 Å². The highest BCUT2D eigenvalue weighted by molar-refractivity contribution is 4.88. The van der Waals surface area contributed by atoms with Gasteiger partial charge in [0.1, 0.15) is 0 Å². The third-order valence-corrected chi connectivity index (χ3v) is 4.69. The molecule has 0 unspecified atom stereocenters. The van der Waals surface area contributed by atoms with Crippen LogP contribution in [0.4, 0.5) is 0 Å². The monoisotopic (exact) mass is 223 g/mol. The van der Waals surface area contributed by atoms with Crippen LogP contribution in [-0.4, -0.2) is 12.1 Å². The second-order valence-corrected chi connectivity index (χ2v) is 6.38. The highest BCUT2D eigenvalue weighted by Gasteiger charge is 2.32. The Morgan fingerprint density at radius 1 is 0.812 bits per heavy atom. The lowest BCUT2D eigenvalue weighted by Crippen LogP contribution is -2.47. The third kappa shape index (κ3) is 3.48. The van der Waals surface area contributed by atoms with Gasteiger partial charge in [-0.2, -0.15) is 0 Å². The van der Waals surface area contributed by atoms with Crippen LogP contribution in [0.1, 0.15) is 71.6 Å². The molecule has 2 fully saturated rings. The Hall–Kier alpha value is -0.0400. The molecule has 0 atom stereocenters. The topological polar surface area (TPSA) is 12.0 Å². The van der Waals surface area contributed by atoms with Gasteiger partial charge in [0.2, 0.25) is 0 Å². The number of nitrogens with one attached hydrogen (secondary N) is 1. The van der Waals surface area contributed by atoms with E-state index >= 15 is 0 Å². The first-order valence-electron chi connectivity index (χ1n) is 7.51. The fraction of sp³-hybridized carbons (Fsp3) is 1.00. The molecule has 0 bridgehead atoms. The Morgan fingerprint density at radius 2 is 1.38 bits per heavy atom. The molecule has 1 nitrogen and oxygen atoms in total. The molecular weight excluding hydrogens is 194 g/mol. The minimum atomic E-state index is 0.846. The van der Waals surface area contributed by atoms with E-state index in [-0.39, 0.29) is 0 Å². The van der Waals surface area contributed by atoms with Crippen LogP contribution in [0, 0.1) is 11.8 Å². The van der Waals surface area contributed by atoms with E-state index in [1.165, 1.54) is 57.8 Å². The first-order chi connectivity index (χ1) is 7.75. The molecule has 0 aromatic carbocycles. The zero-order valence-electron chi connectivity index (χ0n) is 11.2. The van der Waals surface area contributed by atoms with Crippen molar-refractivity contribution < 1.29 is 0 Å². The van der Waals surface area contributed by atoms with Crippen LogP contribution in [0.15, 0.2) is 0 Å². The predicted octanol–water partition coefficient (Wildman–Crippen LogP) is 4.12. The quantitative estimate of drug-likeness (QED) is 0.759. The van der Waals surface area contributed by atoms with Gasteiger partial charge in [0.15, 0.2) is 0 Å². The van der Waals surface area contributed by atoms with Gasteiger partial charge >= 0.3 is 0 Å². The molecule has 16 heavy (non-hydrogen) atoms. The summed E-state index contributed by atoms with van der Waals surface area (Å²) < 4.78 is 0. The summed E-state index contributed by atoms with van der Waals surface area (Å²) in [5.41, 5.74) is 0. The lowest BCUT2D eigenvalue weighted by atomic mass is 9.73. The predicted molar refractivity (Wildman–Crippen MR) is 70.6 cm³/mol. The largest absolute Gasteiger partial charge is 0.311 e. The van der Waals surface area contributed by atoms with Crippen molar-refractivity contribution in [2.24, 2.45) is 11.8 Å². The van der Waals surface area contributed by atoms with Crippen molar-refractivity contribution in [1.82, 2.24) is 5.32 Å². The van der Waals surface area contributed by atoms with E-state index in [0.29, 0.717) is 0 Å². The van der Waals surface area contributed by atoms with Gasteiger partial charge < -0.3 is 5.32 Å². The Bertz CT molecular complexity index is 186. The molecule has 1 N–H and O–H groups in total. The Kier molecular flexibility index (Phi) is 4.69. The van der Waals surface area contributed by atoms with Gasteiger partial charge in [-0.15, -0.1) is 0 Å². The lowest BCUT2D eigenvalue weighted by Gasteiger charge is -2.41. The molecule has 0 aliphatic heterocycles. The normalized spacial score (nSPS) is 33.2. The number of hydrogen-bond donors (Lipinski definition) is 1. The summed E-state index contributed by atoms with van der Waals surface area (Å²) in [7, 11) is 0. The summed E-state index contributed by atoms with van der Waals surface area (Å²) in [6.07, 6.45) is 13.1. The summed E-state index contributed by atoms with van der Waals surface area (Å²) >= 11 is 0. The Labute approximate surface area is 101 Å². The van der Waals surface area contributed by atoms with Crippen molar-refractivity contribution in [3.63, 3.8) is 0 Å². The molecular formula is C15H29N. The summed E-state index contributed by atoms with van der Waals surface area (Å²) in [5, 5.41) is 3.91. The molecule has 0 aromatic heterocycles. The van der Waals surface area contributed by atoms with Gasteiger partial charge in [0.05, 0.1) is 0 Å². The highest BCUT2D eigenvalue weighted by Crippen LogP contribution is 2.34. The average Bonchev–Trinajstić information content (AvgIpc) is 2.12. The second kappa shape index (κ2) is 6.05. The number of rotatable bonds is 3. The smallest absolute Gasteiger partial charge is 0.00751 e. The van der Waals surface area contributed by atoms with E-state index in [2.05, 4.69) is 19.2 Å². The summed E-state index contributed by atoms with van der Waals surface area (Å²) in [5.74, 6) is 1.90. The third-order valence-electron chi connectivity index (χ3n) is 4.69. The highest BCUT2D eigenvalue weighted by atomic mass is 15.0. The van der Waals surface area contributed by atoms with Gasteiger partial charge in [0, 0.05) is 12.1 Å². The molecule has 2 saturated carbocycles. The molecule has 0 amide bonds. The van der Waals surface area contributed by atoms with E-state index in [1.54, 1.807) is 0 Å². The zero-order chi connectivity index (χ0) is 11.4. The van der Waals surface area contributed by atoms with E-state index in [4.69, 9.17) is 0 Å². The Balaban J connectivity index is 1.65. The molecule has 2 aliphatic rings. The SMILES string of the molecule is CC(C)C1CC(NC2CCCCCCC2)C1. The van der Waals surface area contributed by atoms with Crippen LogP contribution in [0.3, 0.4) is 0 Å². The van der Waals surface area contributed by atoms with Crippen molar-refractivity contribution in [2.75, 3.05) is 0 Å². The zero-order valence-corrected chi connectivity index (χ0v) is 11.2. The van der Waals surface area contributed by atoms with Gasteiger partial charge in [-0.1, -0.05) is 46.0 Å². The first-order valence-corrected chi connectivity index (χ1v) is 7.51. The van der Waals surface area contributed by atoms with E-state index in [0.717, 1.165) is 23.9 Å². The van der Waals surface area contributed by atoms with Crippen molar-refractivity contribution in [3.8, 4) is 0 Å². The molecule has 0 saturated heterocycles. The standard InChI is InChI=1S/C15H29N/c1-12(2)13-10-15(11-13)16-14-8-6-4-3-5-7-9-14/h12-16H,3-11H2,1-2H3. The molecule has 1 heteroatoms. The Morgan fingerprint density at radius 3 is 1.94 bits per heavy atom. The number of hydrogen-bond acceptors (Lipinski definition) is 1. The van der Waals surface area contributed by atoms with Gasteiger partial charge in [-0.3, -0.25) is 0 Å². The molecule has 94 valence electrons. The van der Waals surface area contributed by atoms with E-state index in [1.807, 2.05) is 0 Å². The summed E-state index contributed by atoms with van der Waals surface area (Å²) in [4.78, 5) is 0. The van der Waals surface area contributed by atoms with Crippen LogP contribution in [0.2, 0.25) is 0 Å². The molecule has 0 radical (unpaired) electrons. The molecule has 2 aliphatic carbocycles. The molecule has 0 heterocycles. The maximum atomic E-state index is 3.91. The van der Waals surface area contributed by atoms with Crippen LogP contribution in [-0.2, 0) is 0 Å². The maximum Gasteiger partial charge on any atom is 0.00751 e. The molecule has 2 rings (SSSR count). The van der Waals surface area contributed by atoms with Crippen LogP contribution in [0.25, 0.3) is 0 Å². The van der Waals surface area contributed by atoms with Gasteiger partial charge in [0.25, 0.3) is 0 Å². The van der Waals surface area contributed by atoms with Gasteiger partial charge in [-0.05, 0) is 37.5 Å². The van der Waals surface area contributed by atoms with E-state index < -0.39 is 0 Å². The van der Waals surface area contributed by atoms with E-state index in [9.17, 15) is 0 Å². The average molecular weight is 223 g/mol. The maximum absolute atomic E-state index is 3.91. The van der Waals surface area contributed by atoms with Crippen molar-refractivity contribution in [2.45, 2.75) is 83.7 Å². The van der Waals surface area contributed by atoms with Crippen molar-refractivity contribution in [3.05, 3.63) is 0 Å². The molecule has 0 aromatic rings. The van der Waals surface area contributed by atoms with Crippen molar-refractivity contribution >= 4 is 0 Å². The minimum absolute atomic E-state index is 0.846. The van der Waals surface area contributed by atoms with Crippen LogP contribution >= 0.6 is 0 Å². The summed E-state index contributed by atoms with van der Waals surface area (Å²) in [6.45, 7) is 4.74. The summed E-state index contributed by atoms with van der Waals surface area (Å²) in [6, 6.07) is 1.70. The fourth-order valence-corrected chi connectivity index (χ4v) is 3.30. The van der Waals surface area contributed by atoms with Crippen LogP contribution < -0.4 is 5.32 Å². The van der Waals surface area contributed by atoms with Crippen LogP contribution in [0.5, 0.6) is 0 Å². The van der Waals surface area contributed by atoms with Gasteiger partial charge in [-0.25, -0.2) is 0 Å². The minimum Gasteiger partial charge on any atom is -0.311 e. The second-order valence-electron chi connectivity index (χ2n) is 6.38.